The fourth-order valence-electron chi connectivity index (χ4n) is 0.732. The maximum absolute atomic E-state index is 10.7. The molecule has 0 rings (SSSR count). The third-order valence-corrected chi connectivity index (χ3v) is 1.47. The van der Waals surface area contributed by atoms with Crippen molar-refractivity contribution in [3.05, 3.63) is 12.2 Å². The van der Waals surface area contributed by atoms with E-state index in [2.05, 4.69) is 18.3 Å². The first kappa shape index (κ1) is 10.2. The Morgan fingerprint density at radius 3 is 2.73 bits per heavy atom. The highest BCUT2D eigenvalue weighted by molar-refractivity contribution is 5.76. The number of carbonyl (C=O) groups is 1. The molecule has 0 saturated carbocycles. The highest BCUT2D eigenvalue weighted by Crippen LogP contribution is 1.95. The number of amides is 1. The van der Waals surface area contributed by atoms with E-state index in [1.54, 1.807) is 7.05 Å². The van der Waals surface area contributed by atoms with Crippen LogP contribution < -0.4 is 5.32 Å². The van der Waals surface area contributed by atoms with Crippen molar-refractivity contribution >= 4 is 5.91 Å². The second-order valence-corrected chi connectivity index (χ2v) is 2.49. The van der Waals surface area contributed by atoms with Gasteiger partial charge in [0.25, 0.3) is 0 Å². The van der Waals surface area contributed by atoms with E-state index >= 15 is 0 Å². The lowest BCUT2D eigenvalue weighted by Gasteiger charge is -1.92. The van der Waals surface area contributed by atoms with Crippen LogP contribution >= 0.6 is 0 Å². The Kier molecular flexibility index (Phi) is 6.79. The van der Waals surface area contributed by atoms with Crippen LogP contribution in [-0.4, -0.2) is 13.0 Å². The quantitative estimate of drug-likeness (QED) is 0.476. The molecule has 0 radical (unpaired) electrons. The predicted octanol–water partition coefficient (Wildman–Crippen LogP) is 1.87. The highest BCUT2D eigenvalue weighted by atomic mass is 16.1. The molecule has 1 amide bonds. The summed E-state index contributed by atoms with van der Waals surface area (Å²) >= 11 is 0. The van der Waals surface area contributed by atoms with Crippen LogP contribution in [0.5, 0.6) is 0 Å². The smallest absolute Gasteiger partial charge is 0.223 e. The molecule has 0 aliphatic carbocycles. The Hall–Kier alpha value is -0.790. The zero-order valence-electron chi connectivity index (χ0n) is 7.39. The molecule has 1 N–H and O–H groups in total. The molecule has 0 aliphatic heterocycles. The van der Waals surface area contributed by atoms with Crippen molar-refractivity contribution in [2.24, 2.45) is 0 Å². The van der Waals surface area contributed by atoms with Crippen LogP contribution in [0.2, 0.25) is 0 Å². The van der Waals surface area contributed by atoms with E-state index in [-0.39, 0.29) is 5.91 Å². The molecule has 0 aromatic heterocycles. The first-order chi connectivity index (χ1) is 5.31. The van der Waals surface area contributed by atoms with Gasteiger partial charge < -0.3 is 5.32 Å². The summed E-state index contributed by atoms with van der Waals surface area (Å²) in [4.78, 5) is 10.7. The van der Waals surface area contributed by atoms with E-state index in [1.165, 1.54) is 12.8 Å². The molecule has 0 bridgehead atoms. The van der Waals surface area contributed by atoms with E-state index < -0.39 is 0 Å². The minimum absolute atomic E-state index is 0.0812. The predicted molar refractivity (Wildman–Crippen MR) is 47.3 cm³/mol. The van der Waals surface area contributed by atoms with Crippen LogP contribution in [0.15, 0.2) is 12.2 Å². The van der Waals surface area contributed by atoms with E-state index in [0.29, 0.717) is 6.42 Å². The van der Waals surface area contributed by atoms with Crippen LogP contribution in [0.4, 0.5) is 0 Å². The molecule has 0 unspecified atom stereocenters. The lowest BCUT2D eigenvalue weighted by atomic mass is 10.2. The Balaban J connectivity index is 3.22. The highest BCUT2D eigenvalue weighted by Gasteiger charge is 1.89. The third kappa shape index (κ3) is 7.10. The molecule has 11 heavy (non-hydrogen) atoms. The van der Waals surface area contributed by atoms with Crippen molar-refractivity contribution in [1.82, 2.24) is 5.32 Å². The van der Waals surface area contributed by atoms with Crippen molar-refractivity contribution in [2.75, 3.05) is 7.05 Å². The van der Waals surface area contributed by atoms with Crippen molar-refractivity contribution in [2.45, 2.75) is 32.6 Å². The molecular formula is C9H17NO. The van der Waals surface area contributed by atoms with Gasteiger partial charge in [-0.2, -0.15) is 0 Å². The fraction of sp³-hybridized carbons (Fsp3) is 0.667. The maximum Gasteiger partial charge on any atom is 0.223 e. The molecular weight excluding hydrogens is 138 g/mol. The normalized spacial score (nSPS) is 10.4. The van der Waals surface area contributed by atoms with Crippen LogP contribution in [0.25, 0.3) is 0 Å². The molecule has 2 heteroatoms. The molecule has 0 heterocycles. The Labute approximate surface area is 68.7 Å². The van der Waals surface area contributed by atoms with Gasteiger partial charge in [0.1, 0.15) is 0 Å². The largest absolute Gasteiger partial charge is 0.359 e. The van der Waals surface area contributed by atoms with Gasteiger partial charge in [0, 0.05) is 13.5 Å². The average Bonchev–Trinajstić information content (AvgIpc) is 2.04. The molecule has 0 atom stereocenters. The van der Waals surface area contributed by atoms with Crippen LogP contribution in [-0.2, 0) is 4.79 Å². The zero-order valence-corrected chi connectivity index (χ0v) is 7.39. The van der Waals surface area contributed by atoms with Gasteiger partial charge in [0.15, 0.2) is 0 Å². The van der Waals surface area contributed by atoms with Gasteiger partial charge >= 0.3 is 0 Å². The minimum Gasteiger partial charge on any atom is -0.359 e. The summed E-state index contributed by atoms with van der Waals surface area (Å²) in [6.07, 6.45) is 8.02. The van der Waals surface area contributed by atoms with Gasteiger partial charge in [-0.15, -0.1) is 0 Å². The second kappa shape index (κ2) is 7.32. The van der Waals surface area contributed by atoms with E-state index in [9.17, 15) is 4.79 Å². The monoisotopic (exact) mass is 155 g/mol. The number of nitrogens with one attached hydrogen (secondary N) is 1. The maximum atomic E-state index is 10.7. The lowest BCUT2D eigenvalue weighted by molar-refractivity contribution is -0.119. The van der Waals surface area contributed by atoms with Gasteiger partial charge in [0.05, 0.1) is 0 Å². The Morgan fingerprint density at radius 1 is 1.45 bits per heavy atom. The molecule has 0 fully saturated rings. The van der Waals surface area contributed by atoms with Gasteiger partial charge in [0.2, 0.25) is 5.91 Å². The zero-order chi connectivity index (χ0) is 8.53. The van der Waals surface area contributed by atoms with Gasteiger partial charge in [-0.25, -0.2) is 0 Å². The number of allylic oxidation sites excluding steroid dienone is 1. The molecule has 0 saturated heterocycles. The molecule has 64 valence electrons. The van der Waals surface area contributed by atoms with Crippen LogP contribution in [0.3, 0.4) is 0 Å². The lowest BCUT2D eigenvalue weighted by Crippen LogP contribution is -2.15. The summed E-state index contributed by atoms with van der Waals surface area (Å²) < 4.78 is 0. The Morgan fingerprint density at radius 2 is 2.18 bits per heavy atom. The SMILES string of the molecule is CCCCC=CCC(=O)NC. The second-order valence-electron chi connectivity index (χ2n) is 2.49. The standard InChI is InChI=1S/C9H17NO/c1-3-4-5-6-7-8-9(11)10-2/h6-7H,3-5,8H2,1-2H3,(H,10,11). The summed E-state index contributed by atoms with van der Waals surface area (Å²) in [5, 5.41) is 2.57. The Bertz CT molecular complexity index is 130. The van der Waals surface area contributed by atoms with Crippen molar-refractivity contribution < 1.29 is 4.79 Å². The summed E-state index contributed by atoms with van der Waals surface area (Å²) in [5.41, 5.74) is 0. The number of rotatable bonds is 5. The summed E-state index contributed by atoms with van der Waals surface area (Å²) in [5.74, 6) is 0.0812. The van der Waals surface area contributed by atoms with Crippen LogP contribution in [0, 0.1) is 0 Å². The molecule has 0 spiro atoms. The van der Waals surface area contributed by atoms with E-state index in [1.807, 2.05) is 6.08 Å². The van der Waals surface area contributed by atoms with Gasteiger partial charge in [-0.05, 0) is 6.42 Å². The summed E-state index contributed by atoms with van der Waals surface area (Å²) in [6.45, 7) is 2.16. The third-order valence-electron chi connectivity index (χ3n) is 1.47. The van der Waals surface area contributed by atoms with E-state index in [0.717, 1.165) is 6.42 Å². The first-order valence-electron chi connectivity index (χ1n) is 4.16. The summed E-state index contributed by atoms with van der Waals surface area (Å²) in [7, 11) is 1.65. The van der Waals surface area contributed by atoms with E-state index in [4.69, 9.17) is 0 Å². The number of unbranched alkanes of at least 4 members (excludes halogenated alkanes) is 2. The first-order valence-corrected chi connectivity index (χ1v) is 4.16. The summed E-state index contributed by atoms with van der Waals surface area (Å²) in [6, 6.07) is 0. The molecule has 0 aromatic carbocycles. The van der Waals surface area contributed by atoms with Crippen LogP contribution in [0.1, 0.15) is 32.6 Å². The van der Waals surface area contributed by atoms with Crippen molar-refractivity contribution in [1.29, 1.82) is 0 Å². The average molecular weight is 155 g/mol. The number of hydrogen-bond donors (Lipinski definition) is 1. The molecule has 0 aliphatic rings. The van der Waals surface area contributed by atoms with Crippen molar-refractivity contribution in [3.8, 4) is 0 Å². The number of hydrogen-bond acceptors (Lipinski definition) is 1. The van der Waals surface area contributed by atoms with Gasteiger partial charge in [-0.1, -0.05) is 31.9 Å². The topological polar surface area (TPSA) is 29.1 Å². The fourth-order valence-corrected chi connectivity index (χ4v) is 0.732. The molecule has 2 nitrogen and oxygen atoms in total. The van der Waals surface area contributed by atoms with Gasteiger partial charge in [-0.3, -0.25) is 4.79 Å². The number of carbonyl (C=O) groups excluding carboxylic acids is 1. The van der Waals surface area contributed by atoms with Crippen molar-refractivity contribution in [3.63, 3.8) is 0 Å². The molecule has 0 aromatic rings. The minimum atomic E-state index is 0.0812.